The van der Waals surface area contributed by atoms with Crippen molar-refractivity contribution in [3.63, 3.8) is 0 Å². The number of methoxy groups -OCH3 is 1. The smallest absolute Gasteiger partial charge is 0.262 e. The van der Waals surface area contributed by atoms with E-state index in [-0.39, 0.29) is 34.2 Å². The van der Waals surface area contributed by atoms with Crippen LogP contribution < -0.4 is 14.4 Å². The van der Waals surface area contributed by atoms with E-state index in [1.165, 1.54) is 11.1 Å². The highest BCUT2D eigenvalue weighted by Crippen LogP contribution is 2.50. The number of halogens is 1. The highest BCUT2D eigenvalue weighted by molar-refractivity contribution is 7.99. The zero-order valence-corrected chi connectivity index (χ0v) is 29.8. The van der Waals surface area contributed by atoms with Crippen LogP contribution >= 0.6 is 11.6 Å². The normalized spacial score (nSPS) is 34.6. The van der Waals surface area contributed by atoms with Crippen LogP contribution in [0, 0.1) is 17.8 Å². The van der Waals surface area contributed by atoms with E-state index >= 15 is 0 Å². The molecule has 1 unspecified atom stereocenters. The second-order valence-electron chi connectivity index (χ2n) is 14.4. The Morgan fingerprint density at radius 1 is 1.21 bits per heavy atom. The molecule has 6 rings (SSSR count). The summed E-state index contributed by atoms with van der Waals surface area (Å²) in [6.07, 6.45) is 10.6. The van der Waals surface area contributed by atoms with Gasteiger partial charge in [-0.2, -0.15) is 0 Å². The number of nitrogens with one attached hydrogen (secondary N) is 1. The van der Waals surface area contributed by atoms with Gasteiger partial charge in [0.2, 0.25) is 0 Å². The Labute approximate surface area is 285 Å². The molecule has 2 aromatic carbocycles. The number of benzene rings is 2. The van der Waals surface area contributed by atoms with Crippen molar-refractivity contribution >= 4 is 44.6 Å². The molecule has 1 amide bonds. The Bertz CT molecular complexity index is 1670. The Kier molecular flexibility index (Phi) is 9.60. The van der Waals surface area contributed by atoms with Gasteiger partial charge in [0.1, 0.15) is 11.5 Å². The number of carbonyl (C=O) groups excluding carboxylic acids is 2. The third-order valence-electron chi connectivity index (χ3n) is 11.6. The first-order valence-electron chi connectivity index (χ1n) is 17.1. The van der Waals surface area contributed by atoms with Crippen LogP contribution in [0.25, 0.3) is 0 Å². The van der Waals surface area contributed by atoms with Gasteiger partial charge >= 0.3 is 0 Å². The summed E-state index contributed by atoms with van der Waals surface area (Å²) < 4.78 is 29.7. The lowest BCUT2D eigenvalue weighted by Gasteiger charge is -2.50. The maximum Gasteiger partial charge on any atom is 0.262 e. The van der Waals surface area contributed by atoms with Crippen LogP contribution in [-0.4, -0.2) is 59.4 Å². The van der Waals surface area contributed by atoms with Crippen LogP contribution in [0.15, 0.2) is 48.6 Å². The zero-order chi connectivity index (χ0) is 33.6. The predicted molar refractivity (Wildman–Crippen MR) is 191 cm³/mol. The average Bonchev–Trinajstić information content (AvgIpc) is 3.18. The first kappa shape index (κ1) is 34.1. The summed E-state index contributed by atoms with van der Waals surface area (Å²) in [7, 11) is -1.25. The van der Waals surface area contributed by atoms with Gasteiger partial charge in [-0.1, -0.05) is 43.7 Å². The van der Waals surface area contributed by atoms with Gasteiger partial charge in [0, 0.05) is 54.3 Å². The molecule has 2 aliphatic carbocycles. The zero-order valence-electron chi connectivity index (χ0n) is 28.2. The van der Waals surface area contributed by atoms with Gasteiger partial charge in [0.15, 0.2) is 0 Å². The minimum Gasteiger partial charge on any atom is -0.490 e. The lowest BCUT2D eigenvalue weighted by atomic mass is 9.62. The standard InChI is InChI=1S/C38H49ClN2O5S/c1-6-31(42)21-38(45-4)18-7-9-25(2)26(3)47(5,44)40-36(43)28-12-16-35-34(20-28)41(22-29-11-14-33(29)38)23-37(24-46-35)17-8-10-27-19-30(39)13-15-32(27)37/h7,12-13,15-16,18-20,25-26,29,33H,5-6,8-11,14,17,21-24H2,1-4H3,(H,40,43,44)/b18-7+/t25-,26+,29-,33+,37-,38+,47?/m0/s1. The second-order valence-corrected chi connectivity index (χ2v) is 17.3. The van der Waals surface area contributed by atoms with Crippen molar-refractivity contribution in [2.24, 2.45) is 17.8 Å². The number of hydrogen-bond acceptors (Lipinski definition) is 6. The fourth-order valence-corrected chi connectivity index (χ4v) is 10.0. The highest BCUT2D eigenvalue weighted by atomic mass is 35.5. The molecule has 47 heavy (non-hydrogen) atoms. The summed E-state index contributed by atoms with van der Waals surface area (Å²) in [6.45, 7) is 7.78. The molecule has 7 atom stereocenters. The molecular weight excluding hydrogens is 632 g/mol. The largest absolute Gasteiger partial charge is 0.490 e. The van der Waals surface area contributed by atoms with Crippen LogP contribution in [0.3, 0.4) is 0 Å². The van der Waals surface area contributed by atoms with Gasteiger partial charge < -0.3 is 14.4 Å². The first-order chi connectivity index (χ1) is 22.4. The predicted octanol–water partition coefficient (Wildman–Crippen LogP) is 6.94. The topological polar surface area (TPSA) is 84.9 Å². The van der Waals surface area contributed by atoms with Crippen LogP contribution in [0.5, 0.6) is 5.75 Å². The number of ether oxygens (including phenoxy) is 2. The summed E-state index contributed by atoms with van der Waals surface area (Å²) >= 11 is 6.46. The van der Waals surface area contributed by atoms with Crippen molar-refractivity contribution < 1.29 is 23.3 Å². The summed E-state index contributed by atoms with van der Waals surface area (Å²) in [6, 6.07) is 11.8. The number of amides is 1. The summed E-state index contributed by atoms with van der Waals surface area (Å²) in [5.41, 5.74) is 2.84. The van der Waals surface area contributed by atoms with Crippen molar-refractivity contribution in [3.05, 3.63) is 70.3 Å². The molecule has 1 fully saturated rings. The molecule has 4 aliphatic rings. The third kappa shape index (κ3) is 6.50. The number of allylic oxidation sites excluding steroid dienone is 1. The minimum absolute atomic E-state index is 0.0292. The number of rotatable bonds is 4. The van der Waals surface area contributed by atoms with Crippen molar-refractivity contribution in [2.45, 2.75) is 88.4 Å². The molecule has 2 heterocycles. The summed E-state index contributed by atoms with van der Waals surface area (Å²) in [5, 5.41) is 0.364. The molecule has 9 heteroatoms. The number of ketones is 1. The first-order valence-corrected chi connectivity index (χ1v) is 19.3. The quantitative estimate of drug-likeness (QED) is 0.278. The molecule has 1 spiro atoms. The minimum atomic E-state index is -2.98. The van der Waals surface area contributed by atoms with E-state index in [4.69, 9.17) is 21.1 Å². The summed E-state index contributed by atoms with van der Waals surface area (Å²) in [5.74, 6) is 4.88. The van der Waals surface area contributed by atoms with Gasteiger partial charge in [-0.15, -0.1) is 0 Å². The van der Waals surface area contributed by atoms with Crippen molar-refractivity contribution in [1.82, 2.24) is 4.72 Å². The molecule has 254 valence electrons. The van der Waals surface area contributed by atoms with Crippen LogP contribution in [0.1, 0.15) is 87.2 Å². The Morgan fingerprint density at radius 2 is 2.02 bits per heavy atom. The van der Waals surface area contributed by atoms with E-state index in [9.17, 15) is 13.8 Å². The van der Waals surface area contributed by atoms with Crippen molar-refractivity contribution in [1.29, 1.82) is 0 Å². The van der Waals surface area contributed by atoms with E-state index in [0.29, 0.717) is 38.0 Å². The highest BCUT2D eigenvalue weighted by Gasteiger charge is 2.49. The SMILES string of the molecule is C=S1(=O)NC(=O)c2ccc3c(c2)N(C[C@@H]2CC[C@H]2[C@@](CC(=O)CC)(OC)/C=C/C[C@H](C)[C@H]1C)C[C@@]1(CCCc2cc(Cl)ccc21)CO3. The maximum absolute atomic E-state index is 13.9. The number of aryl methyl sites for hydroxylation is 1. The van der Waals surface area contributed by atoms with Crippen LogP contribution in [-0.2, 0) is 31.1 Å². The van der Waals surface area contributed by atoms with Gasteiger partial charge in [0.05, 0.1) is 27.6 Å². The maximum atomic E-state index is 13.9. The molecular formula is C38H49ClN2O5S. The molecule has 0 aromatic heterocycles. The molecule has 1 saturated carbocycles. The number of carbonyl (C=O) groups is 2. The van der Waals surface area contributed by atoms with Gasteiger partial charge in [-0.3, -0.25) is 14.3 Å². The Hall–Kier alpha value is -2.81. The third-order valence-corrected chi connectivity index (χ3v) is 14.1. The van der Waals surface area contributed by atoms with Crippen molar-refractivity contribution in [3.8, 4) is 5.75 Å². The van der Waals surface area contributed by atoms with E-state index in [1.807, 2.05) is 39.0 Å². The van der Waals surface area contributed by atoms with E-state index in [2.05, 4.69) is 39.8 Å². The molecule has 0 saturated heterocycles. The molecule has 2 bridgehead atoms. The van der Waals surface area contributed by atoms with E-state index in [0.717, 1.165) is 55.1 Å². The van der Waals surface area contributed by atoms with Crippen LogP contribution in [0.2, 0.25) is 5.02 Å². The number of anilines is 1. The Morgan fingerprint density at radius 3 is 2.74 bits per heavy atom. The molecule has 2 aromatic rings. The van der Waals surface area contributed by atoms with Gasteiger partial charge in [0.25, 0.3) is 5.91 Å². The van der Waals surface area contributed by atoms with Gasteiger partial charge in [-0.05, 0) is 111 Å². The van der Waals surface area contributed by atoms with Crippen molar-refractivity contribution in [2.75, 3.05) is 31.7 Å². The molecule has 1 N–H and O–H groups in total. The number of hydrogen-bond donors (Lipinski definition) is 1. The monoisotopic (exact) mass is 680 g/mol. The number of Topliss-reactive ketones (excluding diaryl/α,β-unsaturated/α-hetero) is 1. The second kappa shape index (κ2) is 13.2. The lowest BCUT2D eigenvalue weighted by Crippen LogP contribution is -2.53. The van der Waals surface area contributed by atoms with E-state index < -0.39 is 21.2 Å². The fraction of sp³-hybridized carbons (Fsp3) is 0.553. The average molecular weight is 681 g/mol. The molecule has 7 nitrogen and oxygen atoms in total. The van der Waals surface area contributed by atoms with E-state index in [1.54, 1.807) is 13.2 Å². The van der Waals surface area contributed by atoms with Crippen LogP contribution in [0.4, 0.5) is 5.69 Å². The van der Waals surface area contributed by atoms with Gasteiger partial charge in [-0.25, -0.2) is 4.21 Å². The number of nitrogens with zero attached hydrogens (tertiary/aromatic N) is 1. The lowest BCUT2D eigenvalue weighted by molar-refractivity contribution is -0.130. The summed E-state index contributed by atoms with van der Waals surface area (Å²) in [4.78, 5) is 29.1. The Balaban J connectivity index is 1.47. The number of fused-ring (bicyclic) bond motifs is 4. The molecule has 2 aliphatic heterocycles. The fourth-order valence-electron chi connectivity index (χ4n) is 8.37. The molecule has 0 radical (unpaired) electrons.